The fourth-order valence-electron chi connectivity index (χ4n) is 3.29. The number of anilines is 1. The van der Waals surface area contributed by atoms with Gasteiger partial charge in [-0.25, -0.2) is 4.79 Å². The van der Waals surface area contributed by atoms with E-state index in [9.17, 15) is 9.59 Å². The van der Waals surface area contributed by atoms with Crippen molar-refractivity contribution >= 4 is 29.3 Å². The second-order valence-corrected chi connectivity index (χ2v) is 7.96. The summed E-state index contributed by atoms with van der Waals surface area (Å²) in [5, 5.41) is 0. The number of nitrogens with zero attached hydrogens (tertiary/aromatic N) is 1. The van der Waals surface area contributed by atoms with Crippen molar-refractivity contribution < 1.29 is 14.3 Å². The van der Waals surface area contributed by atoms with E-state index in [0.717, 1.165) is 21.0 Å². The lowest BCUT2D eigenvalue weighted by Gasteiger charge is -2.24. The van der Waals surface area contributed by atoms with Crippen LogP contribution in [0.25, 0.3) is 0 Å². The summed E-state index contributed by atoms with van der Waals surface area (Å²) in [5.74, 6) is -0.460. The van der Waals surface area contributed by atoms with Gasteiger partial charge in [0, 0.05) is 9.79 Å². The smallest absolute Gasteiger partial charge is 0.338 e. The number of carbonyl (C=O) groups is 2. The summed E-state index contributed by atoms with van der Waals surface area (Å²) in [6.07, 6.45) is 0. The average Bonchev–Trinajstić information content (AvgIpc) is 2.84. The fraction of sp³-hybridized carbons (Fsp3) is 0.167. The molecule has 4 rings (SSSR count). The van der Waals surface area contributed by atoms with E-state index in [4.69, 9.17) is 4.74 Å². The Labute approximate surface area is 174 Å². The van der Waals surface area contributed by atoms with Crippen LogP contribution in [0.3, 0.4) is 0 Å². The van der Waals surface area contributed by atoms with Crippen LogP contribution in [0.5, 0.6) is 0 Å². The summed E-state index contributed by atoms with van der Waals surface area (Å²) in [7, 11) is 0. The Hall–Kier alpha value is -3.05. The Morgan fingerprint density at radius 3 is 2.52 bits per heavy atom. The number of benzene rings is 3. The van der Waals surface area contributed by atoms with E-state index in [1.807, 2.05) is 61.5 Å². The molecule has 4 nitrogen and oxygen atoms in total. The Morgan fingerprint density at radius 1 is 1.00 bits per heavy atom. The van der Waals surface area contributed by atoms with Gasteiger partial charge in [-0.1, -0.05) is 53.7 Å². The first-order valence-electron chi connectivity index (χ1n) is 9.52. The van der Waals surface area contributed by atoms with Crippen molar-refractivity contribution in [1.82, 2.24) is 0 Å². The van der Waals surface area contributed by atoms with Crippen LogP contribution in [0.1, 0.15) is 38.8 Å². The third kappa shape index (κ3) is 3.91. The number of amides is 1. The topological polar surface area (TPSA) is 46.6 Å². The molecular formula is C24H21NO3S. The molecule has 0 saturated heterocycles. The number of hydrogen-bond acceptors (Lipinski definition) is 4. The summed E-state index contributed by atoms with van der Waals surface area (Å²) in [4.78, 5) is 29.4. The molecule has 29 heavy (non-hydrogen) atoms. The van der Waals surface area contributed by atoms with E-state index in [-0.39, 0.29) is 11.9 Å². The maximum absolute atomic E-state index is 13.5. The Bertz CT molecular complexity index is 1080. The van der Waals surface area contributed by atoms with Gasteiger partial charge in [0.25, 0.3) is 5.91 Å². The van der Waals surface area contributed by atoms with Crippen molar-refractivity contribution in [3.8, 4) is 0 Å². The first kappa shape index (κ1) is 19.3. The van der Waals surface area contributed by atoms with Crippen molar-refractivity contribution in [3.63, 3.8) is 0 Å². The van der Waals surface area contributed by atoms with Crippen LogP contribution in [0.2, 0.25) is 0 Å². The molecule has 1 aliphatic heterocycles. The molecule has 1 aliphatic rings. The predicted molar refractivity (Wildman–Crippen MR) is 115 cm³/mol. The van der Waals surface area contributed by atoms with Gasteiger partial charge in [-0.05, 0) is 49.7 Å². The van der Waals surface area contributed by atoms with E-state index < -0.39 is 0 Å². The monoisotopic (exact) mass is 403 g/mol. The molecule has 0 radical (unpaired) electrons. The molecule has 1 amide bonds. The van der Waals surface area contributed by atoms with Crippen molar-refractivity contribution in [3.05, 3.63) is 89.0 Å². The van der Waals surface area contributed by atoms with Gasteiger partial charge < -0.3 is 9.64 Å². The highest BCUT2D eigenvalue weighted by Crippen LogP contribution is 2.42. The van der Waals surface area contributed by atoms with E-state index in [0.29, 0.717) is 24.3 Å². The molecular weight excluding hydrogens is 382 g/mol. The zero-order chi connectivity index (χ0) is 20.4. The number of rotatable bonds is 4. The van der Waals surface area contributed by atoms with Gasteiger partial charge >= 0.3 is 5.97 Å². The molecule has 5 heteroatoms. The molecule has 0 fully saturated rings. The first-order chi connectivity index (χ1) is 14.1. The van der Waals surface area contributed by atoms with Crippen LogP contribution in [-0.2, 0) is 11.3 Å². The van der Waals surface area contributed by atoms with E-state index in [1.165, 1.54) is 5.56 Å². The van der Waals surface area contributed by atoms with Crippen molar-refractivity contribution in [2.75, 3.05) is 11.5 Å². The van der Waals surface area contributed by atoms with E-state index in [1.54, 1.807) is 35.7 Å². The number of ether oxygens (including phenoxy) is 1. The summed E-state index contributed by atoms with van der Waals surface area (Å²) in [5.41, 5.74) is 4.03. The minimum atomic E-state index is -0.384. The molecule has 146 valence electrons. The molecule has 0 unspecified atom stereocenters. The lowest BCUT2D eigenvalue weighted by Crippen LogP contribution is -2.30. The number of hydrogen-bond donors (Lipinski definition) is 0. The van der Waals surface area contributed by atoms with Gasteiger partial charge in [0.15, 0.2) is 0 Å². The summed E-state index contributed by atoms with van der Waals surface area (Å²) in [6.45, 7) is 4.55. The molecule has 0 spiro atoms. The zero-order valence-electron chi connectivity index (χ0n) is 16.3. The second-order valence-electron chi connectivity index (χ2n) is 6.88. The maximum Gasteiger partial charge on any atom is 0.338 e. The van der Waals surface area contributed by atoms with Gasteiger partial charge in [-0.15, -0.1) is 0 Å². The molecule has 3 aromatic rings. The number of carbonyl (C=O) groups excluding carboxylic acids is 2. The Balaban J connectivity index is 1.82. The molecule has 1 heterocycles. The minimum Gasteiger partial charge on any atom is -0.462 e. The largest absolute Gasteiger partial charge is 0.462 e. The minimum absolute atomic E-state index is 0.0755. The highest BCUT2D eigenvalue weighted by atomic mass is 32.2. The van der Waals surface area contributed by atoms with Gasteiger partial charge in [0.05, 0.1) is 30.0 Å². The Morgan fingerprint density at radius 2 is 1.76 bits per heavy atom. The third-order valence-corrected chi connectivity index (χ3v) is 5.95. The van der Waals surface area contributed by atoms with Crippen LogP contribution >= 0.6 is 11.8 Å². The third-order valence-electron chi connectivity index (χ3n) is 4.80. The Kier molecular flexibility index (Phi) is 5.41. The predicted octanol–water partition coefficient (Wildman–Crippen LogP) is 5.48. The van der Waals surface area contributed by atoms with E-state index in [2.05, 4.69) is 0 Å². The van der Waals surface area contributed by atoms with Gasteiger partial charge in [-0.3, -0.25) is 4.79 Å². The lowest BCUT2D eigenvalue weighted by molar-refractivity contribution is 0.0526. The van der Waals surface area contributed by atoms with Crippen LogP contribution in [0.15, 0.2) is 76.5 Å². The molecule has 0 N–H and O–H groups in total. The SMILES string of the molecule is CCOC(=O)c1ccc2c(c1)N(Cc1ccc(C)cc1)C(=O)c1ccccc1S2. The summed E-state index contributed by atoms with van der Waals surface area (Å²) >= 11 is 1.54. The van der Waals surface area contributed by atoms with Crippen LogP contribution in [0, 0.1) is 6.92 Å². The fourth-order valence-corrected chi connectivity index (χ4v) is 4.35. The first-order valence-corrected chi connectivity index (χ1v) is 10.3. The summed E-state index contributed by atoms with van der Waals surface area (Å²) < 4.78 is 5.16. The highest BCUT2D eigenvalue weighted by Gasteiger charge is 2.28. The van der Waals surface area contributed by atoms with Crippen LogP contribution in [-0.4, -0.2) is 18.5 Å². The average molecular weight is 404 g/mol. The van der Waals surface area contributed by atoms with E-state index >= 15 is 0 Å². The zero-order valence-corrected chi connectivity index (χ0v) is 17.2. The molecule has 3 aromatic carbocycles. The highest BCUT2D eigenvalue weighted by molar-refractivity contribution is 7.99. The lowest BCUT2D eigenvalue weighted by atomic mass is 10.1. The molecule has 0 aliphatic carbocycles. The quantitative estimate of drug-likeness (QED) is 0.541. The normalized spacial score (nSPS) is 12.8. The standard InChI is InChI=1S/C24H21NO3S/c1-3-28-24(27)18-12-13-22-20(14-18)25(15-17-10-8-16(2)9-11-17)23(26)19-6-4-5-7-21(19)29-22/h4-14H,3,15H2,1-2H3. The van der Waals surface area contributed by atoms with Gasteiger partial charge in [0.2, 0.25) is 0 Å². The number of aryl methyl sites for hydroxylation is 1. The molecule has 0 bridgehead atoms. The summed E-state index contributed by atoms with van der Waals surface area (Å²) in [6, 6.07) is 21.2. The van der Waals surface area contributed by atoms with Crippen molar-refractivity contribution in [2.24, 2.45) is 0 Å². The number of fused-ring (bicyclic) bond motifs is 2. The van der Waals surface area contributed by atoms with Gasteiger partial charge in [-0.2, -0.15) is 0 Å². The number of esters is 1. The second kappa shape index (κ2) is 8.13. The molecule has 0 aromatic heterocycles. The molecule has 0 atom stereocenters. The van der Waals surface area contributed by atoms with Gasteiger partial charge in [0.1, 0.15) is 0 Å². The van der Waals surface area contributed by atoms with Crippen molar-refractivity contribution in [2.45, 2.75) is 30.2 Å². The maximum atomic E-state index is 13.5. The van der Waals surface area contributed by atoms with Crippen molar-refractivity contribution in [1.29, 1.82) is 0 Å². The molecule has 0 saturated carbocycles. The van der Waals surface area contributed by atoms with Crippen LogP contribution < -0.4 is 4.90 Å². The van der Waals surface area contributed by atoms with Crippen LogP contribution in [0.4, 0.5) is 5.69 Å².